The Morgan fingerprint density at radius 3 is 2.43 bits per heavy atom. The second-order valence-electron chi connectivity index (χ2n) is 8.76. The van der Waals surface area contributed by atoms with Crippen molar-refractivity contribution in [2.45, 2.75) is 4.90 Å². The van der Waals surface area contributed by atoms with Gasteiger partial charge in [-0.05, 0) is 71.6 Å². The standard InChI is InChI=1S/C31H23ClN4O3S3/c32-22-9-4-6-20(16-22)17-25(34-29(38)21-7-2-1-3-8-21)30(39)33-23-11-13-24(14-12-23)41-19-28(37)36-31-35-26(18-42-31)27-10-5-15-40-27/h1-18H,19H2,(H,33,39)(H,34,38)(H,35,36,37)/b25-17-. The summed E-state index contributed by atoms with van der Waals surface area (Å²) in [7, 11) is 0. The maximum Gasteiger partial charge on any atom is 0.272 e. The number of hydrogen-bond acceptors (Lipinski definition) is 7. The number of rotatable bonds is 10. The van der Waals surface area contributed by atoms with Crippen molar-refractivity contribution < 1.29 is 14.4 Å². The summed E-state index contributed by atoms with van der Waals surface area (Å²) in [6.07, 6.45) is 1.57. The molecule has 0 aliphatic carbocycles. The normalized spacial score (nSPS) is 11.1. The minimum Gasteiger partial charge on any atom is -0.321 e. The summed E-state index contributed by atoms with van der Waals surface area (Å²) in [5.41, 5.74) is 2.52. The lowest BCUT2D eigenvalue weighted by molar-refractivity contribution is -0.114. The molecule has 0 aliphatic rings. The molecule has 0 saturated heterocycles. The molecule has 210 valence electrons. The minimum absolute atomic E-state index is 0.0608. The Hall–Kier alpha value is -4.22. The molecule has 0 saturated carbocycles. The Kier molecular flexibility index (Phi) is 9.83. The molecule has 3 N–H and O–H groups in total. The van der Waals surface area contributed by atoms with Gasteiger partial charge in [0.1, 0.15) is 5.70 Å². The molecule has 0 aliphatic heterocycles. The van der Waals surface area contributed by atoms with Gasteiger partial charge in [-0.2, -0.15) is 0 Å². The van der Waals surface area contributed by atoms with Crippen molar-refractivity contribution in [1.82, 2.24) is 10.3 Å². The van der Waals surface area contributed by atoms with E-state index in [-0.39, 0.29) is 17.4 Å². The highest BCUT2D eigenvalue weighted by molar-refractivity contribution is 8.00. The van der Waals surface area contributed by atoms with Crippen LogP contribution in [0.2, 0.25) is 5.02 Å². The number of anilines is 2. The first-order valence-corrected chi connectivity index (χ1v) is 15.7. The smallest absolute Gasteiger partial charge is 0.272 e. The van der Waals surface area contributed by atoms with Gasteiger partial charge in [0.05, 0.1) is 16.3 Å². The number of nitrogens with one attached hydrogen (secondary N) is 3. The first-order chi connectivity index (χ1) is 20.4. The number of aromatic nitrogens is 1. The number of thiazole rings is 1. The second-order valence-corrected chi connectivity index (χ2v) is 12.1. The average Bonchev–Trinajstić information content (AvgIpc) is 3.70. The molecular formula is C31H23ClN4O3S3. The fourth-order valence-electron chi connectivity index (χ4n) is 3.71. The van der Waals surface area contributed by atoms with Crippen molar-refractivity contribution in [3.05, 3.63) is 124 Å². The number of carbonyl (C=O) groups is 3. The molecule has 5 rings (SSSR count). The highest BCUT2D eigenvalue weighted by Crippen LogP contribution is 2.28. The predicted octanol–water partition coefficient (Wildman–Crippen LogP) is 7.67. The molecule has 5 aromatic rings. The Balaban J connectivity index is 1.19. The molecular weight excluding hydrogens is 608 g/mol. The zero-order valence-corrected chi connectivity index (χ0v) is 25.1. The van der Waals surface area contributed by atoms with E-state index in [0.29, 0.717) is 27.0 Å². The van der Waals surface area contributed by atoms with Gasteiger partial charge in [-0.3, -0.25) is 14.4 Å². The third-order valence-electron chi connectivity index (χ3n) is 5.69. The molecule has 11 heteroatoms. The van der Waals surface area contributed by atoms with E-state index in [1.807, 2.05) is 41.1 Å². The van der Waals surface area contributed by atoms with Crippen LogP contribution >= 0.6 is 46.0 Å². The maximum absolute atomic E-state index is 13.2. The molecule has 3 amide bonds. The largest absolute Gasteiger partial charge is 0.321 e. The van der Waals surface area contributed by atoms with Gasteiger partial charge in [-0.25, -0.2) is 4.98 Å². The highest BCUT2D eigenvalue weighted by Gasteiger charge is 2.16. The lowest BCUT2D eigenvalue weighted by atomic mass is 10.1. The summed E-state index contributed by atoms with van der Waals surface area (Å²) < 4.78 is 0. The lowest BCUT2D eigenvalue weighted by Crippen LogP contribution is -2.30. The monoisotopic (exact) mass is 630 g/mol. The van der Waals surface area contributed by atoms with Crippen LogP contribution in [-0.2, 0) is 9.59 Å². The van der Waals surface area contributed by atoms with Gasteiger partial charge in [0.15, 0.2) is 5.13 Å². The topological polar surface area (TPSA) is 100 Å². The van der Waals surface area contributed by atoms with E-state index in [1.165, 1.54) is 23.1 Å². The third-order valence-corrected chi connectivity index (χ3v) is 8.59. The summed E-state index contributed by atoms with van der Waals surface area (Å²) in [5, 5.41) is 13.3. The third kappa shape index (κ3) is 8.17. The molecule has 0 atom stereocenters. The number of benzene rings is 3. The number of amides is 3. The SMILES string of the molecule is O=C(CSc1ccc(NC(=O)/C(=C/c2cccc(Cl)c2)NC(=O)c2ccccc2)cc1)Nc1nc(-c2cccs2)cs1. The molecule has 0 unspecified atom stereocenters. The van der Waals surface area contributed by atoms with Gasteiger partial charge in [-0.15, -0.1) is 34.4 Å². The summed E-state index contributed by atoms with van der Waals surface area (Å²) in [5.74, 6) is -0.860. The van der Waals surface area contributed by atoms with Crippen molar-refractivity contribution in [2.75, 3.05) is 16.4 Å². The second kappa shape index (κ2) is 14.1. The Bertz CT molecular complexity index is 1720. The van der Waals surface area contributed by atoms with E-state index in [4.69, 9.17) is 11.6 Å². The van der Waals surface area contributed by atoms with Crippen LogP contribution < -0.4 is 16.0 Å². The number of thiophene rings is 1. The maximum atomic E-state index is 13.2. The number of hydrogen-bond donors (Lipinski definition) is 3. The predicted molar refractivity (Wildman–Crippen MR) is 173 cm³/mol. The van der Waals surface area contributed by atoms with Crippen LogP contribution in [0.1, 0.15) is 15.9 Å². The molecule has 7 nitrogen and oxygen atoms in total. The van der Waals surface area contributed by atoms with Crippen molar-refractivity contribution in [3.8, 4) is 10.6 Å². The molecule has 0 fully saturated rings. The van der Waals surface area contributed by atoms with E-state index >= 15 is 0 Å². The quantitative estimate of drug-likeness (QED) is 0.109. The van der Waals surface area contributed by atoms with Crippen LogP contribution in [0.3, 0.4) is 0 Å². The van der Waals surface area contributed by atoms with Gasteiger partial charge in [0.2, 0.25) is 5.91 Å². The fourth-order valence-corrected chi connectivity index (χ4v) is 6.10. The summed E-state index contributed by atoms with van der Waals surface area (Å²) in [6, 6.07) is 26.7. The lowest BCUT2D eigenvalue weighted by Gasteiger charge is -2.12. The van der Waals surface area contributed by atoms with Crippen LogP contribution in [0, 0.1) is 0 Å². The van der Waals surface area contributed by atoms with E-state index in [1.54, 1.807) is 78.1 Å². The van der Waals surface area contributed by atoms with Crippen molar-refractivity contribution in [1.29, 1.82) is 0 Å². The Labute approximate surface area is 259 Å². The minimum atomic E-state index is -0.496. The van der Waals surface area contributed by atoms with Crippen LogP contribution in [-0.4, -0.2) is 28.5 Å². The van der Waals surface area contributed by atoms with E-state index in [9.17, 15) is 14.4 Å². The number of nitrogens with zero attached hydrogens (tertiary/aromatic N) is 1. The first-order valence-electron chi connectivity index (χ1n) is 12.6. The molecule has 3 aromatic carbocycles. The van der Waals surface area contributed by atoms with E-state index < -0.39 is 11.8 Å². The van der Waals surface area contributed by atoms with Gasteiger partial charge in [-0.1, -0.05) is 48.0 Å². The van der Waals surface area contributed by atoms with Crippen LogP contribution in [0.15, 0.2) is 112 Å². The van der Waals surface area contributed by atoms with Gasteiger partial charge in [0, 0.05) is 26.5 Å². The summed E-state index contributed by atoms with van der Waals surface area (Å²) in [4.78, 5) is 44.9. The molecule has 42 heavy (non-hydrogen) atoms. The first kappa shape index (κ1) is 29.3. The zero-order chi connectivity index (χ0) is 29.3. The number of carbonyl (C=O) groups excluding carboxylic acids is 3. The average molecular weight is 631 g/mol. The van der Waals surface area contributed by atoms with Gasteiger partial charge < -0.3 is 16.0 Å². The van der Waals surface area contributed by atoms with Crippen molar-refractivity contribution in [2.24, 2.45) is 0 Å². The van der Waals surface area contributed by atoms with Crippen LogP contribution in [0.4, 0.5) is 10.8 Å². The number of halogens is 1. The van der Waals surface area contributed by atoms with Crippen molar-refractivity contribution >= 4 is 80.7 Å². The summed E-state index contributed by atoms with van der Waals surface area (Å²) >= 11 is 10.5. The molecule has 2 heterocycles. The Morgan fingerprint density at radius 2 is 1.69 bits per heavy atom. The van der Waals surface area contributed by atoms with E-state index in [0.717, 1.165) is 15.5 Å². The zero-order valence-electron chi connectivity index (χ0n) is 21.9. The Morgan fingerprint density at radius 1 is 0.881 bits per heavy atom. The molecule has 0 spiro atoms. The van der Waals surface area contributed by atoms with Gasteiger partial charge in [0.25, 0.3) is 11.8 Å². The number of thioether (sulfide) groups is 1. The van der Waals surface area contributed by atoms with E-state index in [2.05, 4.69) is 20.9 Å². The summed E-state index contributed by atoms with van der Waals surface area (Å²) in [6.45, 7) is 0. The van der Waals surface area contributed by atoms with Gasteiger partial charge >= 0.3 is 0 Å². The van der Waals surface area contributed by atoms with Crippen LogP contribution in [0.5, 0.6) is 0 Å². The molecule has 0 radical (unpaired) electrons. The fraction of sp³-hybridized carbons (Fsp3) is 0.0323. The molecule has 2 aromatic heterocycles. The van der Waals surface area contributed by atoms with Crippen LogP contribution in [0.25, 0.3) is 16.6 Å². The van der Waals surface area contributed by atoms with Crippen molar-refractivity contribution in [3.63, 3.8) is 0 Å². The highest BCUT2D eigenvalue weighted by atomic mass is 35.5. The molecule has 0 bridgehead atoms.